The summed E-state index contributed by atoms with van der Waals surface area (Å²) in [5.41, 5.74) is 1.21. The fourth-order valence-corrected chi connectivity index (χ4v) is 1.45. The average molecular weight is 235 g/mol. The van der Waals surface area contributed by atoms with Crippen LogP contribution in [0.3, 0.4) is 0 Å². The van der Waals surface area contributed by atoms with E-state index in [0.717, 1.165) is 6.42 Å². The molecule has 92 valence electrons. The summed E-state index contributed by atoms with van der Waals surface area (Å²) in [5.74, 6) is -0.493. The minimum atomic E-state index is -0.303. The number of rotatable bonds is 5. The molecule has 0 atom stereocenters. The molecule has 0 aliphatic rings. The molecule has 1 rings (SSSR count). The third-order valence-corrected chi connectivity index (χ3v) is 2.29. The Labute approximate surface area is 101 Å². The molecule has 0 aliphatic heterocycles. The van der Waals surface area contributed by atoms with E-state index in [-0.39, 0.29) is 18.3 Å². The molecule has 0 heterocycles. The molecule has 1 aromatic carbocycles. The van der Waals surface area contributed by atoms with Gasteiger partial charge in [0, 0.05) is 12.6 Å². The number of carbonyl (C=O) groups excluding carboxylic acids is 2. The van der Waals surface area contributed by atoms with E-state index in [4.69, 9.17) is 4.74 Å². The Bertz CT molecular complexity index is 401. The first-order chi connectivity index (χ1) is 8.19. The Balaban J connectivity index is 2.76. The van der Waals surface area contributed by atoms with Gasteiger partial charge >= 0.3 is 5.97 Å². The number of benzene rings is 1. The molecule has 1 amide bonds. The number of hydrogen-bond donors (Lipinski definition) is 1. The van der Waals surface area contributed by atoms with Crippen molar-refractivity contribution in [2.45, 2.75) is 19.8 Å². The third-order valence-electron chi connectivity index (χ3n) is 2.29. The van der Waals surface area contributed by atoms with E-state index in [1.54, 1.807) is 31.3 Å². The van der Waals surface area contributed by atoms with Gasteiger partial charge in [-0.2, -0.15) is 0 Å². The molecule has 1 N–H and O–H groups in total. The normalized spacial score (nSPS) is 9.76. The van der Waals surface area contributed by atoms with Gasteiger partial charge in [0.2, 0.25) is 0 Å². The summed E-state index contributed by atoms with van der Waals surface area (Å²) in [6, 6.07) is 7.03. The second-order valence-corrected chi connectivity index (χ2v) is 3.63. The lowest BCUT2D eigenvalue weighted by molar-refractivity contribution is -0.142. The highest BCUT2D eigenvalue weighted by Crippen LogP contribution is 2.10. The van der Waals surface area contributed by atoms with Gasteiger partial charge in [-0.1, -0.05) is 25.1 Å². The minimum Gasteiger partial charge on any atom is -0.465 e. The first kappa shape index (κ1) is 13.2. The van der Waals surface area contributed by atoms with Crippen LogP contribution in [0.25, 0.3) is 0 Å². The van der Waals surface area contributed by atoms with E-state index in [1.165, 1.54) is 0 Å². The lowest BCUT2D eigenvalue weighted by Crippen LogP contribution is -2.21. The summed E-state index contributed by atoms with van der Waals surface area (Å²) in [6.07, 6.45) is 0.923. The van der Waals surface area contributed by atoms with Gasteiger partial charge in [-0.05, 0) is 18.1 Å². The van der Waals surface area contributed by atoms with Crippen molar-refractivity contribution in [1.82, 2.24) is 5.32 Å². The van der Waals surface area contributed by atoms with E-state index >= 15 is 0 Å². The first-order valence-corrected chi connectivity index (χ1v) is 5.64. The fourth-order valence-electron chi connectivity index (χ4n) is 1.45. The van der Waals surface area contributed by atoms with Crippen LogP contribution in [-0.2, 0) is 16.0 Å². The van der Waals surface area contributed by atoms with Gasteiger partial charge in [0.25, 0.3) is 5.91 Å². The van der Waals surface area contributed by atoms with Crippen LogP contribution in [0.15, 0.2) is 24.3 Å². The predicted molar refractivity (Wildman–Crippen MR) is 64.8 cm³/mol. The standard InChI is InChI=1S/C13H17NO3/c1-3-8-17-12(15)9-10-6-4-5-7-11(10)13(16)14-2/h4-7H,3,8-9H2,1-2H3,(H,14,16). The van der Waals surface area contributed by atoms with Crippen molar-refractivity contribution in [2.75, 3.05) is 13.7 Å². The zero-order valence-electron chi connectivity index (χ0n) is 10.2. The number of carbonyl (C=O) groups is 2. The largest absolute Gasteiger partial charge is 0.465 e. The van der Waals surface area contributed by atoms with E-state index in [1.807, 2.05) is 6.92 Å². The van der Waals surface area contributed by atoms with Crippen LogP contribution in [0.1, 0.15) is 29.3 Å². The zero-order chi connectivity index (χ0) is 12.7. The summed E-state index contributed by atoms with van der Waals surface area (Å²) < 4.78 is 4.99. The second kappa shape index (κ2) is 6.68. The Morgan fingerprint density at radius 1 is 1.29 bits per heavy atom. The van der Waals surface area contributed by atoms with Crippen molar-refractivity contribution in [2.24, 2.45) is 0 Å². The van der Waals surface area contributed by atoms with E-state index in [2.05, 4.69) is 5.32 Å². The maximum absolute atomic E-state index is 11.6. The van der Waals surface area contributed by atoms with Crippen molar-refractivity contribution >= 4 is 11.9 Å². The lowest BCUT2D eigenvalue weighted by atomic mass is 10.0. The van der Waals surface area contributed by atoms with E-state index in [9.17, 15) is 9.59 Å². The van der Waals surface area contributed by atoms with Gasteiger partial charge < -0.3 is 10.1 Å². The van der Waals surface area contributed by atoms with Crippen LogP contribution in [0.4, 0.5) is 0 Å². The quantitative estimate of drug-likeness (QED) is 0.788. The molecule has 1 aromatic rings. The Morgan fingerprint density at radius 3 is 2.65 bits per heavy atom. The van der Waals surface area contributed by atoms with E-state index < -0.39 is 0 Å². The van der Waals surface area contributed by atoms with Gasteiger partial charge in [-0.15, -0.1) is 0 Å². The topological polar surface area (TPSA) is 55.4 Å². The van der Waals surface area contributed by atoms with Crippen molar-refractivity contribution in [1.29, 1.82) is 0 Å². The summed E-state index contributed by atoms with van der Waals surface area (Å²) in [4.78, 5) is 23.0. The van der Waals surface area contributed by atoms with Crippen LogP contribution >= 0.6 is 0 Å². The lowest BCUT2D eigenvalue weighted by Gasteiger charge is -2.08. The summed E-state index contributed by atoms with van der Waals surface area (Å²) in [7, 11) is 1.56. The summed E-state index contributed by atoms with van der Waals surface area (Å²) in [5, 5.41) is 2.55. The molecule has 0 spiro atoms. The molecule has 0 aliphatic carbocycles. The third kappa shape index (κ3) is 3.90. The number of hydrogen-bond acceptors (Lipinski definition) is 3. The highest BCUT2D eigenvalue weighted by atomic mass is 16.5. The SMILES string of the molecule is CCCOC(=O)Cc1ccccc1C(=O)NC. The number of ether oxygens (including phenoxy) is 1. The minimum absolute atomic E-state index is 0.129. The molecule has 4 heteroatoms. The van der Waals surface area contributed by atoms with Gasteiger partial charge in [0.1, 0.15) is 0 Å². The predicted octanol–water partition coefficient (Wildman–Crippen LogP) is 1.54. The summed E-state index contributed by atoms with van der Waals surface area (Å²) in [6.45, 7) is 2.35. The molecule has 0 fully saturated rings. The Morgan fingerprint density at radius 2 is 2.00 bits per heavy atom. The molecule has 4 nitrogen and oxygen atoms in total. The van der Waals surface area contributed by atoms with Crippen molar-refractivity contribution in [3.8, 4) is 0 Å². The van der Waals surface area contributed by atoms with Crippen LogP contribution < -0.4 is 5.32 Å². The molecule has 17 heavy (non-hydrogen) atoms. The highest BCUT2D eigenvalue weighted by Gasteiger charge is 2.12. The zero-order valence-corrected chi connectivity index (χ0v) is 10.2. The van der Waals surface area contributed by atoms with Crippen LogP contribution in [0.5, 0.6) is 0 Å². The van der Waals surface area contributed by atoms with Crippen LogP contribution in [-0.4, -0.2) is 25.5 Å². The fraction of sp³-hybridized carbons (Fsp3) is 0.385. The molecular formula is C13H17NO3. The number of esters is 1. The molecule has 0 aromatic heterocycles. The summed E-state index contributed by atoms with van der Waals surface area (Å²) >= 11 is 0. The number of amides is 1. The molecule has 0 bridgehead atoms. The van der Waals surface area contributed by atoms with Crippen molar-refractivity contribution in [3.63, 3.8) is 0 Å². The maximum Gasteiger partial charge on any atom is 0.310 e. The van der Waals surface area contributed by atoms with Gasteiger partial charge in [0.05, 0.1) is 13.0 Å². The van der Waals surface area contributed by atoms with Gasteiger partial charge in [-0.3, -0.25) is 9.59 Å². The number of nitrogens with one attached hydrogen (secondary N) is 1. The average Bonchev–Trinajstić information content (AvgIpc) is 2.36. The molecule has 0 saturated carbocycles. The Hall–Kier alpha value is -1.84. The van der Waals surface area contributed by atoms with Gasteiger partial charge in [-0.25, -0.2) is 0 Å². The van der Waals surface area contributed by atoms with Crippen molar-refractivity contribution in [3.05, 3.63) is 35.4 Å². The monoisotopic (exact) mass is 235 g/mol. The van der Waals surface area contributed by atoms with Crippen molar-refractivity contribution < 1.29 is 14.3 Å². The van der Waals surface area contributed by atoms with E-state index in [0.29, 0.717) is 17.7 Å². The molecular weight excluding hydrogens is 218 g/mol. The van der Waals surface area contributed by atoms with Crippen LogP contribution in [0, 0.1) is 0 Å². The smallest absolute Gasteiger partial charge is 0.310 e. The maximum atomic E-state index is 11.6. The molecule has 0 saturated heterocycles. The Kier molecular flexibility index (Phi) is 5.20. The van der Waals surface area contributed by atoms with Gasteiger partial charge in [0.15, 0.2) is 0 Å². The second-order valence-electron chi connectivity index (χ2n) is 3.63. The highest BCUT2D eigenvalue weighted by molar-refractivity contribution is 5.96. The first-order valence-electron chi connectivity index (χ1n) is 5.64. The molecule has 0 unspecified atom stereocenters. The van der Waals surface area contributed by atoms with Crippen LogP contribution in [0.2, 0.25) is 0 Å². The molecule has 0 radical (unpaired) electrons.